The molecule has 0 unspecified atom stereocenters. The Morgan fingerprint density at radius 2 is 1.85 bits per heavy atom. The number of hydrogen-bond donors (Lipinski definition) is 0. The lowest BCUT2D eigenvalue weighted by Gasteiger charge is -2.31. The maximum Gasteiger partial charge on any atom is 0.332 e. The average molecular weight is 367 g/mol. The molecule has 1 fully saturated rings. The van der Waals surface area contributed by atoms with Crippen LogP contribution in [0.5, 0.6) is 0 Å². The zero-order valence-electron chi connectivity index (χ0n) is 16.1. The Morgan fingerprint density at radius 3 is 2.56 bits per heavy atom. The van der Waals surface area contributed by atoms with Crippen LogP contribution >= 0.6 is 0 Å². The van der Waals surface area contributed by atoms with Crippen molar-refractivity contribution in [3.8, 4) is 0 Å². The van der Waals surface area contributed by atoms with E-state index < -0.39 is 0 Å². The number of aryl methyl sites for hydroxylation is 2. The lowest BCUT2D eigenvalue weighted by Crippen LogP contribution is -2.39. The summed E-state index contributed by atoms with van der Waals surface area (Å²) in [5.41, 5.74) is 1.21. The number of hydrogen-bond acceptors (Lipinski definition) is 4. The highest BCUT2D eigenvalue weighted by molar-refractivity contribution is 5.74. The molecule has 1 aliphatic rings. The standard InChI is InChI=1S/C20H25N5O2/c1-14-8-7-11-24(12-14)19-21-17-16(22(19)2)18(26)25(20(27)23(17)3)13-15-9-5-4-6-10-15/h4-6,9-10,14H,7-8,11-13H2,1-3H3/t14-/m0/s1. The van der Waals surface area contributed by atoms with E-state index in [9.17, 15) is 9.59 Å². The third-order valence-corrected chi connectivity index (χ3v) is 5.46. The Balaban J connectivity index is 1.87. The highest BCUT2D eigenvalue weighted by Crippen LogP contribution is 2.24. The van der Waals surface area contributed by atoms with Gasteiger partial charge in [0.25, 0.3) is 5.56 Å². The number of nitrogens with zero attached hydrogens (tertiary/aromatic N) is 5. The van der Waals surface area contributed by atoms with Gasteiger partial charge in [0.1, 0.15) is 0 Å². The van der Waals surface area contributed by atoms with Gasteiger partial charge in [-0.15, -0.1) is 0 Å². The number of anilines is 1. The molecular weight excluding hydrogens is 342 g/mol. The third-order valence-electron chi connectivity index (χ3n) is 5.46. The van der Waals surface area contributed by atoms with Gasteiger partial charge in [0.05, 0.1) is 6.54 Å². The fraction of sp³-hybridized carbons (Fsp3) is 0.450. The van der Waals surface area contributed by atoms with Crippen molar-refractivity contribution in [2.45, 2.75) is 26.3 Å². The summed E-state index contributed by atoms with van der Waals surface area (Å²) in [6, 6.07) is 9.56. The maximum atomic E-state index is 13.2. The largest absolute Gasteiger partial charge is 0.342 e. The Labute approximate surface area is 157 Å². The highest BCUT2D eigenvalue weighted by atomic mass is 16.2. The van der Waals surface area contributed by atoms with Gasteiger partial charge in [0.2, 0.25) is 5.95 Å². The normalized spacial score (nSPS) is 17.6. The zero-order chi connectivity index (χ0) is 19.1. The van der Waals surface area contributed by atoms with E-state index in [0.29, 0.717) is 17.1 Å². The van der Waals surface area contributed by atoms with Crippen molar-refractivity contribution >= 4 is 17.1 Å². The van der Waals surface area contributed by atoms with Gasteiger partial charge in [-0.05, 0) is 24.3 Å². The molecule has 1 aromatic carbocycles. The second-order valence-electron chi connectivity index (χ2n) is 7.55. The first-order valence-corrected chi connectivity index (χ1v) is 9.42. The summed E-state index contributed by atoms with van der Waals surface area (Å²) in [4.78, 5) is 32.9. The topological polar surface area (TPSA) is 65.1 Å². The summed E-state index contributed by atoms with van der Waals surface area (Å²) < 4.78 is 4.62. The Morgan fingerprint density at radius 1 is 1.11 bits per heavy atom. The predicted molar refractivity (Wildman–Crippen MR) is 106 cm³/mol. The number of piperidine rings is 1. The van der Waals surface area contributed by atoms with Gasteiger partial charge < -0.3 is 9.47 Å². The van der Waals surface area contributed by atoms with Crippen LogP contribution in [0.4, 0.5) is 5.95 Å². The molecular formula is C20H25N5O2. The predicted octanol–water partition coefficient (Wildman–Crippen LogP) is 1.72. The lowest BCUT2D eigenvalue weighted by molar-refractivity contribution is 0.440. The number of aromatic nitrogens is 4. The molecule has 0 aliphatic carbocycles. The third kappa shape index (κ3) is 2.97. The maximum absolute atomic E-state index is 13.2. The molecule has 27 heavy (non-hydrogen) atoms. The van der Waals surface area contributed by atoms with Crippen LogP contribution in [-0.4, -0.2) is 31.8 Å². The first kappa shape index (κ1) is 17.6. The second-order valence-corrected chi connectivity index (χ2v) is 7.55. The van der Waals surface area contributed by atoms with Crippen LogP contribution in [0.3, 0.4) is 0 Å². The minimum atomic E-state index is -0.340. The van der Waals surface area contributed by atoms with E-state index >= 15 is 0 Å². The van der Waals surface area contributed by atoms with Crippen molar-refractivity contribution in [1.29, 1.82) is 0 Å². The first-order valence-electron chi connectivity index (χ1n) is 9.42. The molecule has 7 heteroatoms. The molecule has 4 rings (SSSR count). The van der Waals surface area contributed by atoms with Gasteiger partial charge in [-0.2, -0.15) is 4.98 Å². The van der Waals surface area contributed by atoms with E-state index in [1.54, 1.807) is 7.05 Å². The molecule has 7 nitrogen and oxygen atoms in total. The van der Waals surface area contributed by atoms with Crippen molar-refractivity contribution in [2.24, 2.45) is 20.0 Å². The molecule has 0 radical (unpaired) electrons. The Kier molecular flexibility index (Phi) is 4.37. The quantitative estimate of drug-likeness (QED) is 0.707. The van der Waals surface area contributed by atoms with Crippen LogP contribution in [0.25, 0.3) is 11.2 Å². The molecule has 0 bridgehead atoms. The number of benzene rings is 1. The Bertz CT molecular complexity index is 1090. The minimum Gasteiger partial charge on any atom is -0.342 e. The fourth-order valence-corrected chi connectivity index (χ4v) is 3.99. The molecule has 0 N–H and O–H groups in total. The number of fused-ring (bicyclic) bond motifs is 1. The summed E-state index contributed by atoms with van der Waals surface area (Å²) in [6.45, 7) is 4.33. The van der Waals surface area contributed by atoms with Crippen LogP contribution in [0.15, 0.2) is 39.9 Å². The summed E-state index contributed by atoms with van der Waals surface area (Å²) in [6.07, 6.45) is 2.32. The van der Waals surface area contributed by atoms with E-state index in [-0.39, 0.29) is 17.8 Å². The van der Waals surface area contributed by atoms with Crippen LogP contribution < -0.4 is 16.1 Å². The van der Waals surface area contributed by atoms with E-state index in [1.165, 1.54) is 15.6 Å². The van der Waals surface area contributed by atoms with E-state index in [1.807, 2.05) is 41.9 Å². The van der Waals surface area contributed by atoms with Crippen molar-refractivity contribution in [3.63, 3.8) is 0 Å². The monoisotopic (exact) mass is 367 g/mol. The van der Waals surface area contributed by atoms with Crippen molar-refractivity contribution in [3.05, 3.63) is 56.7 Å². The number of rotatable bonds is 3. The summed E-state index contributed by atoms with van der Waals surface area (Å²) >= 11 is 0. The summed E-state index contributed by atoms with van der Waals surface area (Å²) in [5, 5.41) is 0. The molecule has 1 aliphatic heterocycles. The fourth-order valence-electron chi connectivity index (χ4n) is 3.99. The summed E-state index contributed by atoms with van der Waals surface area (Å²) in [7, 11) is 3.55. The molecule has 142 valence electrons. The molecule has 2 aromatic heterocycles. The lowest BCUT2D eigenvalue weighted by atomic mass is 10.0. The van der Waals surface area contributed by atoms with Crippen LogP contribution in [-0.2, 0) is 20.6 Å². The van der Waals surface area contributed by atoms with Crippen molar-refractivity contribution in [2.75, 3.05) is 18.0 Å². The van der Waals surface area contributed by atoms with Crippen LogP contribution in [0.2, 0.25) is 0 Å². The van der Waals surface area contributed by atoms with E-state index in [4.69, 9.17) is 0 Å². The van der Waals surface area contributed by atoms with Gasteiger partial charge in [-0.3, -0.25) is 13.9 Å². The van der Waals surface area contributed by atoms with Gasteiger partial charge in [-0.25, -0.2) is 4.79 Å². The van der Waals surface area contributed by atoms with Gasteiger partial charge in [-0.1, -0.05) is 37.3 Å². The minimum absolute atomic E-state index is 0.254. The Hall–Kier alpha value is -2.83. The van der Waals surface area contributed by atoms with Gasteiger partial charge in [0, 0.05) is 27.2 Å². The van der Waals surface area contributed by atoms with Gasteiger partial charge in [0.15, 0.2) is 11.2 Å². The number of imidazole rings is 1. The zero-order valence-corrected chi connectivity index (χ0v) is 16.1. The second kappa shape index (κ2) is 6.72. The molecule has 0 spiro atoms. The molecule has 1 saturated heterocycles. The smallest absolute Gasteiger partial charge is 0.332 e. The van der Waals surface area contributed by atoms with Crippen LogP contribution in [0.1, 0.15) is 25.3 Å². The van der Waals surface area contributed by atoms with Gasteiger partial charge >= 0.3 is 5.69 Å². The average Bonchev–Trinajstić information content (AvgIpc) is 3.02. The summed E-state index contributed by atoms with van der Waals surface area (Å²) in [5.74, 6) is 1.36. The highest BCUT2D eigenvalue weighted by Gasteiger charge is 2.24. The molecule has 1 atom stereocenters. The molecule has 3 heterocycles. The van der Waals surface area contributed by atoms with E-state index in [2.05, 4.69) is 16.8 Å². The van der Waals surface area contributed by atoms with Crippen molar-refractivity contribution in [1.82, 2.24) is 18.7 Å². The molecule has 0 saturated carbocycles. The molecule has 0 amide bonds. The molecule has 3 aromatic rings. The van der Waals surface area contributed by atoms with Crippen LogP contribution in [0, 0.1) is 5.92 Å². The first-order chi connectivity index (χ1) is 13.0. The van der Waals surface area contributed by atoms with Crippen molar-refractivity contribution < 1.29 is 0 Å². The van der Waals surface area contributed by atoms with E-state index in [0.717, 1.165) is 31.0 Å². The SMILES string of the molecule is C[C@H]1CCCN(c2nc3c(c(=O)n(Cc4ccccc4)c(=O)n3C)n2C)C1.